The fourth-order valence-electron chi connectivity index (χ4n) is 2.37. The molecule has 0 unspecified atom stereocenters. The largest absolute Gasteiger partial charge is 1.00 e. The number of nitrogens with one attached hydrogen (secondary N) is 2. The first-order chi connectivity index (χ1) is 14.5. The fourth-order valence-corrected chi connectivity index (χ4v) is 4.35. The second-order valence-corrected chi connectivity index (χ2v) is 9.68. The summed E-state index contributed by atoms with van der Waals surface area (Å²) >= 11 is 0. The number of amides is 2. The third-order valence-electron chi connectivity index (χ3n) is 3.65. The molecule has 0 aliphatic heterocycles. The van der Waals surface area contributed by atoms with Crippen molar-refractivity contribution in [2.45, 2.75) is 30.1 Å². The molecule has 0 saturated carbocycles. The van der Waals surface area contributed by atoms with Crippen molar-refractivity contribution in [1.82, 2.24) is 9.44 Å². The van der Waals surface area contributed by atoms with Crippen LogP contribution in [0, 0.1) is 0 Å². The van der Waals surface area contributed by atoms with Crippen LogP contribution >= 0.6 is 0 Å². The molecule has 2 aromatic carbocycles. The molecule has 2 N–H and O–H groups in total. The van der Waals surface area contributed by atoms with E-state index in [1.54, 1.807) is 0 Å². The molecule has 0 saturated heterocycles. The smallest absolute Gasteiger partial charge is 0.493 e. The molecule has 168 valence electrons. The summed E-state index contributed by atoms with van der Waals surface area (Å²) in [5.41, 5.74) is 0. The Hall–Kier alpha value is -2.12. The summed E-state index contributed by atoms with van der Waals surface area (Å²) in [6.45, 7) is 2.82. The van der Waals surface area contributed by atoms with Crippen molar-refractivity contribution in [1.29, 1.82) is 0 Å². The first-order valence-corrected chi connectivity index (χ1v) is 12.0. The Kier molecular flexibility index (Phi) is 10.6. The van der Waals surface area contributed by atoms with E-state index >= 15 is 0 Å². The molecular weight excluding hydrogens is 471 g/mol. The summed E-state index contributed by atoms with van der Waals surface area (Å²) in [4.78, 5) is 21.8. The van der Waals surface area contributed by atoms with Crippen molar-refractivity contribution in [3.05, 3.63) is 48.5 Å². The van der Waals surface area contributed by atoms with Crippen LogP contribution in [0.5, 0.6) is 11.5 Å². The van der Waals surface area contributed by atoms with E-state index in [-0.39, 0.29) is 39.3 Å². The van der Waals surface area contributed by atoms with Crippen LogP contribution in [0.3, 0.4) is 0 Å². The number of carbonyl (C=O) groups excluding carboxylic acids is 2. The van der Waals surface area contributed by atoms with E-state index in [2.05, 4.69) is 0 Å². The SMILES string of the molecule is CC(=O)NS(=O)(=O)c1ccc(OCCCOc2ccc(S(=O)(=O)NC(C)=O)cc2)cc1.[Na+]. The minimum Gasteiger partial charge on any atom is -0.493 e. The van der Waals surface area contributed by atoms with Crippen LogP contribution in [-0.4, -0.2) is 41.9 Å². The normalized spacial score (nSPS) is 11.1. The average Bonchev–Trinajstić information content (AvgIpc) is 2.66. The maximum atomic E-state index is 11.9. The summed E-state index contributed by atoms with van der Waals surface area (Å²) < 4.78 is 62.3. The maximum Gasteiger partial charge on any atom is 1.00 e. The third-order valence-corrected chi connectivity index (χ3v) is 6.55. The number of carbonyl (C=O) groups is 2. The topological polar surface area (TPSA) is 145 Å². The second-order valence-electron chi connectivity index (χ2n) is 6.32. The van der Waals surface area contributed by atoms with Crippen LogP contribution in [0.1, 0.15) is 20.3 Å². The van der Waals surface area contributed by atoms with Crippen molar-refractivity contribution >= 4 is 31.9 Å². The molecule has 0 heterocycles. The van der Waals surface area contributed by atoms with Crippen LogP contribution in [0.15, 0.2) is 58.3 Å². The van der Waals surface area contributed by atoms with Gasteiger partial charge < -0.3 is 9.47 Å². The van der Waals surface area contributed by atoms with Gasteiger partial charge in [0.1, 0.15) is 11.5 Å². The zero-order valence-corrected chi connectivity index (χ0v) is 21.5. The number of rotatable bonds is 10. The minimum absolute atomic E-state index is 0. The Balaban J connectivity index is 0.00000512. The number of sulfonamides is 2. The van der Waals surface area contributed by atoms with Gasteiger partial charge in [-0.1, -0.05) is 0 Å². The van der Waals surface area contributed by atoms with Crippen LogP contribution in [0.25, 0.3) is 0 Å². The number of ether oxygens (including phenoxy) is 2. The molecule has 0 aliphatic rings. The van der Waals surface area contributed by atoms with Crippen molar-refractivity contribution in [2.24, 2.45) is 0 Å². The molecule has 2 rings (SSSR count). The monoisotopic (exact) mass is 493 g/mol. The number of hydrogen-bond donors (Lipinski definition) is 2. The van der Waals surface area contributed by atoms with E-state index in [4.69, 9.17) is 9.47 Å². The quantitative estimate of drug-likeness (QED) is 0.291. The molecule has 0 spiro atoms. The third kappa shape index (κ3) is 8.79. The van der Waals surface area contributed by atoms with Gasteiger partial charge >= 0.3 is 29.6 Å². The number of benzene rings is 2. The molecule has 10 nitrogen and oxygen atoms in total. The van der Waals surface area contributed by atoms with Gasteiger partial charge in [0, 0.05) is 20.3 Å². The Labute approximate surface area is 209 Å². The van der Waals surface area contributed by atoms with Crippen LogP contribution < -0.4 is 48.5 Å². The summed E-state index contributed by atoms with van der Waals surface area (Å²) in [6.07, 6.45) is 0.512. The van der Waals surface area contributed by atoms with Crippen molar-refractivity contribution in [2.75, 3.05) is 13.2 Å². The molecule has 0 aliphatic carbocycles. The van der Waals surface area contributed by atoms with E-state index in [0.717, 1.165) is 13.8 Å². The van der Waals surface area contributed by atoms with E-state index in [1.165, 1.54) is 48.5 Å². The van der Waals surface area contributed by atoms with E-state index in [0.29, 0.717) is 31.1 Å². The Bertz CT molecular complexity index is 1040. The van der Waals surface area contributed by atoms with Crippen LogP contribution in [-0.2, 0) is 29.6 Å². The summed E-state index contributed by atoms with van der Waals surface area (Å²) in [5, 5.41) is 0. The van der Waals surface area contributed by atoms with Crippen molar-refractivity contribution in [3.8, 4) is 11.5 Å². The van der Waals surface area contributed by atoms with Crippen molar-refractivity contribution in [3.63, 3.8) is 0 Å². The molecule has 0 radical (unpaired) electrons. The van der Waals surface area contributed by atoms with Crippen molar-refractivity contribution < 1.29 is 65.5 Å². The van der Waals surface area contributed by atoms with Gasteiger partial charge in [0.2, 0.25) is 11.8 Å². The number of hydrogen-bond acceptors (Lipinski definition) is 8. The van der Waals surface area contributed by atoms with Gasteiger partial charge in [0.25, 0.3) is 20.0 Å². The molecule has 2 aromatic rings. The molecule has 0 fully saturated rings. The molecule has 0 atom stereocenters. The maximum absolute atomic E-state index is 11.9. The molecule has 0 aromatic heterocycles. The zero-order chi connectivity index (χ0) is 23.1. The average molecular weight is 494 g/mol. The Morgan fingerprint density at radius 3 is 1.28 bits per heavy atom. The first kappa shape index (κ1) is 27.9. The van der Waals surface area contributed by atoms with Gasteiger partial charge in [0.05, 0.1) is 23.0 Å². The van der Waals surface area contributed by atoms with Crippen LogP contribution in [0.2, 0.25) is 0 Å². The van der Waals surface area contributed by atoms with Gasteiger partial charge in [-0.05, 0) is 48.5 Å². The molecule has 32 heavy (non-hydrogen) atoms. The predicted octanol–water partition coefficient (Wildman–Crippen LogP) is -1.81. The Morgan fingerprint density at radius 2 is 1.00 bits per heavy atom. The summed E-state index contributed by atoms with van der Waals surface area (Å²) in [5.74, 6) is -0.447. The predicted molar refractivity (Wildman–Crippen MR) is 110 cm³/mol. The zero-order valence-electron chi connectivity index (χ0n) is 17.8. The fraction of sp³-hybridized carbons (Fsp3) is 0.263. The minimum atomic E-state index is -3.89. The van der Waals surface area contributed by atoms with Gasteiger partial charge in [-0.3, -0.25) is 9.59 Å². The Morgan fingerprint density at radius 1 is 0.688 bits per heavy atom. The van der Waals surface area contributed by atoms with E-state index < -0.39 is 31.9 Å². The van der Waals surface area contributed by atoms with E-state index in [1.807, 2.05) is 9.44 Å². The van der Waals surface area contributed by atoms with E-state index in [9.17, 15) is 26.4 Å². The second kappa shape index (κ2) is 12.2. The summed E-state index contributed by atoms with van der Waals surface area (Å²) in [7, 11) is -7.78. The first-order valence-electron chi connectivity index (χ1n) is 9.02. The van der Waals surface area contributed by atoms with Gasteiger partial charge in [-0.25, -0.2) is 26.3 Å². The van der Waals surface area contributed by atoms with Gasteiger partial charge in [-0.2, -0.15) is 0 Å². The molecular formula is C19H22N2NaO8S2+. The molecule has 13 heteroatoms. The molecule has 0 bridgehead atoms. The van der Waals surface area contributed by atoms with Gasteiger partial charge in [0.15, 0.2) is 0 Å². The van der Waals surface area contributed by atoms with Crippen LogP contribution in [0.4, 0.5) is 0 Å². The summed E-state index contributed by atoms with van der Waals surface area (Å²) in [6, 6.07) is 11.2. The molecule has 2 amide bonds. The van der Waals surface area contributed by atoms with Gasteiger partial charge in [-0.15, -0.1) is 0 Å². The standard InChI is InChI=1S/C19H22N2O8S2.Na/c1-14(22)20-30(24,25)18-8-4-16(5-9-18)28-12-3-13-29-17-6-10-19(11-7-17)31(26,27)21-15(2)23;/h4-11H,3,12-13H2,1-2H3,(H,20,22)(H,21,23);/q;+1.